The monoisotopic (exact) mass is 445 g/mol. The molecule has 2 aliphatic rings. The van der Waals surface area contributed by atoms with Crippen LogP contribution in [-0.4, -0.2) is 37.5 Å². The Morgan fingerprint density at radius 1 is 1.03 bits per heavy atom. The van der Waals surface area contributed by atoms with E-state index >= 15 is 0 Å². The Kier molecular flexibility index (Phi) is 4.56. The van der Waals surface area contributed by atoms with Crippen LogP contribution < -0.4 is 10.1 Å². The number of methoxy groups -OCH3 is 1. The normalized spacial score (nSPS) is 17.6. The Morgan fingerprint density at radius 2 is 1.81 bits per heavy atom. The molecule has 0 aliphatic carbocycles. The van der Waals surface area contributed by atoms with Crippen LogP contribution in [0.1, 0.15) is 18.5 Å². The second-order valence-corrected chi connectivity index (χ2v) is 9.77. The second kappa shape index (κ2) is 7.06. The number of nitrogens with one attached hydrogen (secondary N) is 1. The van der Waals surface area contributed by atoms with E-state index in [1.165, 1.54) is 4.31 Å². The van der Waals surface area contributed by atoms with Crippen LogP contribution in [0, 0.1) is 11.6 Å². The molecule has 1 N–H and O–H groups in total. The Labute approximate surface area is 179 Å². The summed E-state index contributed by atoms with van der Waals surface area (Å²) in [5.74, 6) is -1.51. The van der Waals surface area contributed by atoms with E-state index in [0.29, 0.717) is 12.8 Å². The Balaban J connectivity index is 1.45. The maximum atomic E-state index is 13.6. The standard InChI is InChI=1S/C22H21F2N3O3S/c1-30-15-4-7-20-19(13-15)25-22(21-3-2-10-27(20)21)8-11-26(12-9-22)31(28,29)16-5-6-17(23)18(24)14-16/h2-7,10,13-14,25H,8-9,11-12H2,1H3. The van der Waals surface area contributed by atoms with Gasteiger partial charge in [0.2, 0.25) is 10.0 Å². The lowest BCUT2D eigenvalue weighted by molar-refractivity contribution is 0.247. The van der Waals surface area contributed by atoms with Crippen molar-refractivity contribution in [1.29, 1.82) is 0 Å². The van der Waals surface area contributed by atoms with Crippen molar-refractivity contribution in [3.63, 3.8) is 0 Å². The van der Waals surface area contributed by atoms with Gasteiger partial charge in [-0.25, -0.2) is 17.2 Å². The quantitative estimate of drug-likeness (QED) is 0.665. The summed E-state index contributed by atoms with van der Waals surface area (Å²) in [6, 6.07) is 12.5. The zero-order valence-electron chi connectivity index (χ0n) is 16.8. The fourth-order valence-electron chi connectivity index (χ4n) is 4.53. The molecular formula is C22H21F2N3O3S. The van der Waals surface area contributed by atoms with Crippen molar-refractivity contribution in [3.8, 4) is 11.4 Å². The van der Waals surface area contributed by atoms with Crippen molar-refractivity contribution in [2.24, 2.45) is 0 Å². The second-order valence-electron chi connectivity index (χ2n) is 7.83. The van der Waals surface area contributed by atoms with E-state index in [2.05, 4.69) is 9.88 Å². The van der Waals surface area contributed by atoms with Gasteiger partial charge in [0.05, 0.1) is 28.9 Å². The molecule has 5 rings (SSSR count). The Morgan fingerprint density at radius 3 is 2.52 bits per heavy atom. The molecule has 0 radical (unpaired) electrons. The molecule has 2 aliphatic heterocycles. The van der Waals surface area contributed by atoms with E-state index in [9.17, 15) is 17.2 Å². The van der Waals surface area contributed by atoms with Crippen molar-refractivity contribution < 1.29 is 21.9 Å². The highest BCUT2D eigenvalue weighted by molar-refractivity contribution is 7.89. The van der Waals surface area contributed by atoms with Gasteiger partial charge in [-0.05, 0) is 55.3 Å². The van der Waals surface area contributed by atoms with Gasteiger partial charge in [-0.1, -0.05) is 0 Å². The first-order valence-corrected chi connectivity index (χ1v) is 11.4. The molecule has 3 heterocycles. The predicted octanol–water partition coefficient (Wildman–Crippen LogP) is 3.87. The number of nitrogens with zero attached hydrogens (tertiary/aromatic N) is 2. The van der Waals surface area contributed by atoms with Crippen LogP contribution in [0.5, 0.6) is 5.75 Å². The van der Waals surface area contributed by atoms with Crippen LogP contribution in [0.2, 0.25) is 0 Å². The number of rotatable bonds is 3. The zero-order chi connectivity index (χ0) is 21.8. The van der Waals surface area contributed by atoms with Crippen LogP contribution >= 0.6 is 0 Å². The van der Waals surface area contributed by atoms with E-state index < -0.39 is 27.2 Å². The number of hydrogen-bond acceptors (Lipinski definition) is 4. The number of hydrogen-bond donors (Lipinski definition) is 1. The van der Waals surface area contributed by atoms with Gasteiger partial charge >= 0.3 is 0 Å². The first kappa shape index (κ1) is 20.0. The molecule has 0 saturated carbocycles. The van der Waals surface area contributed by atoms with E-state index in [0.717, 1.165) is 41.0 Å². The number of sulfonamides is 1. The van der Waals surface area contributed by atoms with Gasteiger partial charge in [-0.2, -0.15) is 4.31 Å². The van der Waals surface area contributed by atoms with Gasteiger partial charge in [-0.15, -0.1) is 0 Å². The summed E-state index contributed by atoms with van der Waals surface area (Å²) in [6.07, 6.45) is 3.04. The number of halogens is 2. The summed E-state index contributed by atoms with van der Waals surface area (Å²) < 4.78 is 61.7. The lowest BCUT2D eigenvalue weighted by Crippen LogP contribution is -2.51. The van der Waals surface area contributed by atoms with Gasteiger partial charge in [0.25, 0.3) is 0 Å². The number of piperidine rings is 1. The van der Waals surface area contributed by atoms with Gasteiger partial charge in [0, 0.05) is 31.0 Å². The van der Waals surface area contributed by atoms with Crippen LogP contribution in [0.4, 0.5) is 14.5 Å². The molecule has 2 aromatic carbocycles. The molecule has 3 aromatic rings. The SMILES string of the molecule is COc1ccc2c(c1)NC1(CCN(S(=O)(=O)c3ccc(F)c(F)c3)CC1)c1cccn1-2. The summed E-state index contributed by atoms with van der Waals surface area (Å²) in [6.45, 7) is 0.498. The molecule has 6 nitrogen and oxygen atoms in total. The van der Waals surface area contributed by atoms with Gasteiger partial charge in [0.1, 0.15) is 5.75 Å². The van der Waals surface area contributed by atoms with Crippen LogP contribution in [0.3, 0.4) is 0 Å². The summed E-state index contributed by atoms with van der Waals surface area (Å²) in [7, 11) is -2.31. The molecule has 162 valence electrons. The highest BCUT2D eigenvalue weighted by Crippen LogP contribution is 2.45. The summed E-state index contributed by atoms with van der Waals surface area (Å²) in [5.41, 5.74) is 2.54. The van der Waals surface area contributed by atoms with E-state index in [4.69, 9.17) is 4.74 Å². The van der Waals surface area contributed by atoms with E-state index in [1.54, 1.807) is 7.11 Å². The van der Waals surface area contributed by atoms with Crippen molar-refractivity contribution in [2.45, 2.75) is 23.3 Å². The molecule has 1 fully saturated rings. The van der Waals surface area contributed by atoms with E-state index in [1.807, 2.05) is 36.5 Å². The average molecular weight is 445 g/mol. The summed E-state index contributed by atoms with van der Waals surface area (Å²) >= 11 is 0. The molecular weight excluding hydrogens is 424 g/mol. The third-order valence-corrected chi connectivity index (χ3v) is 8.08. The van der Waals surface area contributed by atoms with Crippen molar-refractivity contribution in [3.05, 3.63) is 72.1 Å². The average Bonchev–Trinajstić information content (AvgIpc) is 3.27. The minimum absolute atomic E-state index is 0.239. The predicted molar refractivity (Wildman–Crippen MR) is 112 cm³/mol. The van der Waals surface area contributed by atoms with E-state index in [-0.39, 0.29) is 18.0 Å². The topological polar surface area (TPSA) is 63.6 Å². The lowest BCUT2D eigenvalue weighted by atomic mass is 9.83. The van der Waals surface area contributed by atoms with Crippen LogP contribution in [0.25, 0.3) is 5.69 Å². The highest BCUT2D eigenvalue weighted by Gasteiger charge is 2.44. The molecule has 31 heavy (non-hydrogen) atoms. The van der Waals surface area contributed by atoms with Crippen molar-refractivity contribution >= 4 is 15.7 Å². The lowest BCUT2D eigenvalue weighted by Gasteiger charge is -2.46. The highest BCUT2D eigenvalue weighted by atomic mass is 32.2. The minimum atomic E-state index is -3.92. The fourth-order valence-corrected chi connectivity index (χ4v) is 5.98. The zero-order valence-corrected chi connectivity index (χ0v) is 17.6. The van der Waals surface area contributed by atoms with Gasteiger partial charge in [0.15, 0.2) is 11.6 Å². The smallest absolute Gasteiger partial charge is 0.243 e. The van der Waals surface area contributed by atoms with Crippen molar-refractivity contribution in [1.82, 2.24) is 8.87 Å². The molecule has 9 heteroatoms. The molecule has 1 spiro atoms. The first-order valence-electron chi connectivity index (χ1n) is 9.94. The molecule has 1 saturated heterocycles. The molecule has 0 amide bonds. The molecule has 1 aromatic heterocycles. The third-order valence-electron chi connectivity index (χ3n) is 6.18. The summed E-state index contributed by atoms with van der Waals surface area (Å²) in [4.78, 5) is -0.239. The summed E-state index contributed by atoms with van der Waals surface area (Å²) in [5, 5.41) is 3.63. The van der Waals surface area contributed by atoms with Crippen LogP contribution in [-0.2, 0) is 15.6 Å². The molecule has 0 unspecified atom stereocenters. The Bertz CT molecular complexity index is 1260. The van der Waals surface area contributed by atoms with Crippen LogP contribution in [0.15, 0.2) is 59.6 Å². The van der Waals surface area contributed by atoms with Gasteiger partial charge < -0.3 is 14.6 Å². The number of ether oxygens (including phenoxy) is 1. The largest absolute Gasteiger partial charge is 0.497 e. The maximum Gasteiger partial charge on any atom is 0.243 e. The maximum absolute atomic E-state index is 13.6. The fraction of sp³-hybridized carbons (Fsp3) is 0.273. The number of benzene rings is 2. The molecule has 0 atom stereocenters. The number of anilines is 1. The number of aromatic nitrogens is 1. The van der Waals surface area contributed by atoms with Crippen molar-refractivity contribution in [2.75, 3.05) is 25.5 Å². The first-order chi connectivity index (χ1) is 14.8. The third kappa shape index (κ3) is 3.11. The number of fused-ring (bicyclic) bond motifs is 4. The Hall–Kier alpha value is -2.91. The van der Waals surface area contributed by atoms with Gasteiger partial charge in [-0.3, -0.25) is 0 Å². The minimum Gasteiger partial charge on any atom is -0.497 e. The molecule has 0 bridgehead atoms.